The lowest BCUT2D eigenvalue weighted by Crippen LogP contribution is -2.26. The van der Waals surface area contributed by atoms with E-state index in [4.69, 9.17) is 4.42 Å². The molecule has 140 valence electrons. The first kappa shape index (κ1) is 17.8. The third-order valence-corrected chi connectivity index (χ3v) is 5.36. The molecular weight excluding hydrogens is 382 g/mol. The number of amides is 2. The van der Waals surface area contributed by atoms with Crippen LogP contribution in [0.1, 0.15) is 20.9 Å². The van der Waals surface area contributed by atoms with Gasteiger partial charge in [-0.1, -0.05) is 23.9 Å². The third-order valence-electron chi connectivity index (χ3n) is 4.22. The van der Waals surface area contributed by atoms with E-state index in [0.29, 0.717) is 16.9 Å². The van der Waals surface area contributed by atoms with Crippen molar-refractivity contribution in [3.05, 3.63) is 76.0 Å². The lowest BCUT2D eigenvalue weighted by atomic mass is 10.2. The fourth-order valence-corrected chi connectivity index (χ4v) is 3.91. The van der Waals surface area contributed by atoms with Crippen molar-refractivity contribution in [1.29, 1.82) is 0 Å². The van der Waals surface area contributed by atoms with Gasteiger partial charge in [0.05, 0.1) is 17.3 Å². The van der Waals surface area contributed by atoms with Gasteiger partial charge in [0.15, 0.2) is 5.76 Å². The molecular formula is C19H13N3O5S. The molecule has 0 saturated heterocycles. The summed E-state index contributed by atoms with van der Waals surface area (Å²) in [4.78, 5) is 38.3. The van der Waals surface area contributed by atoms with Gasteiger partial charge in [0, 0.05) is 22.5 Å². The number of furan rings is 1. The molecule has 0 atom stereocenters. The molecule has 1 aliphatic rings. The first-order valence-corrected chi connectivity index (χ1v) is 9.00. The van der Waals surface area contributed by atoms with Gasteiger partial charge in [0.25, 0.3) is 11.8 Å². The summed E-state index contributed by atoms with van der Waals surface area (Å²) in [6.07, 6.45) is 0. The highest BCUT2D eigenvalue weighted by atomic mass is 32.2. The van der Waals surface area contributed by atoms with Crippen molar-refractivity contribution in [2.75, 3.05) is 17.3 Å². The molecule has 0 fully saturated rings. The maximum Gasteiger partial charge on any atom is 0.433 e. The molecule has 2 amide bonds. The van der Waals surface area contributed by atoms with Crippen molar-refractivity contribution < 1.29 is 18.9 Å². The predicted molar refractivity (Wildman–Crippen MR) is 103 cm³/mol. The molecule has 0 unspecified atom stereocenters. The molecule has 0 spiro atoms. The second-order valence-corrected chi connectivity index (χ2v) is 7.08. The fraction of sp³-hybridized carbons (Fsp3) is 0.0526. The average molecular weight is 395 g/mol. The van der Waals surface area contributed by atoms with E-state index in [1.165, 1.54) is 22.7 Å². The molecule has 2 aromatic carbocycles. The monoisotopic (exact) mass is 395 g/mol. The number of rotatable bonds is 3. The minimum absolute atomic E-state index is 0.146. The van der Waals surface area contributed by atoms with Crippen LogP contribution in [0.3, 0.4) is 0 Å². The molecule has 4 rings (SSSR count). The smallest absolute Gasteiger partial charge is 0.395 e. The number of nitro groups is 1. The van der Waals surface area contributed by atoms with Crippen molar-refractivity contribution in [3.8, 4) is 0 Å². The van der Waals surface area contributed by atoms with Crippen LogP contribution in [0.5, 0.6) is 0 Å². The van der Waals surface area contributed by atoms with Crippen molar-refractivity contribution in [3.63, 3.8) is 0 Å². The Morgan fingerprint density at radius 1 is 1.14 bits per heavy atom. The maximum absolute atomic E-state index is 12.8. The van der Waals surface area contributed by atoms with E-state index in [1.807, 2.05) is 24.3 Å². The second-order valence-electron chi connectivity index (χ2n) is 5.99. The highest BCUT2D eigenvalue weighted by Gasteiger charge is 2.25. The van der Waals surface area contributed by atoms with Gasteiger partial charge in [0.1, 0.15) is 4.92 Å². The Morgan fingerprint density at radius 2 is 1.93 bits per heavy atom. The Balaban J connectivity index is 1.63. The van der Waals surface area contributed by atoms with Crippen LogP contribution in [0.4, 0.5) is 17.3 Å². The number of carbonyl (C=O) groups is 2. The van der Waals surface area contributed by atoms with E-state index in [0.717, 1.165) is 15.9 Å². The predicted octanol–water partition coefficient (Wildman–Crippen LogP) is 4.18. The summed E-state index contributed by atoms with van der Waals surface area (Å²) >= 11 is 1.47. The van der Waals surface area contributed by atoms with Crippen LogP contribution in [0.15, 0.2) is 68.8 Å². The van der Waals surface area contributed by atoms with Crippen molar-refractivity contribution >= 4 is 40.8 Å². The summed E-state index contributed by atoms with van der Waals surface area (Å²) in [6.45, 7) is 0. The lowest BCUT2D eigenvalue weighted by molar-refractivity contribution is -0.402. The Hall–Kier alpha value is -3.59. The topological polar surface area (TPSA) is 106 Å². The Morgan fingerprint density at radius 3 is 2.68 bits per heavy atom. The van der Waals surface area contributed by atoms with E-state index < -0.39 is 16.7 Å². The quantitative estimate of drug-likeness (QED) is 0.527. The van der Waals surface area contributed by atoms with Crippen molar-refractivity contribution in [2.24, 2.45) is 0 Å². The van der Waals surface area contributed by atoms with E-state index in [-0.39, 0.29) is 11.7 Å². The zero-order chi connectivity index (χ0) is 19.8. The molecule has 1 aliphatic heterocycles. The molecule has 0 bridgehead atoms. The Bertz CT molecular complexity index is 1120. The highest BCUT2D eigenvalue weighted by molar-refractivity contribution is 7.99. The summed E-state index contributed by atoms with van der Waals surface area (Å²) in [5, 5.41) is 13.3. The minimum Gasteiger partial charge on any atom is -0.395 e. The SMILES string of the molecule is CN1C(=O)c2ccccc2Sc2ccc(NC(=O)c3ccc([N+](=O)[O-])o3)cc21. The minimum atomic E-state index is -0.714. The van der Waals surface area contributed by atoms with Crippen LogP contribution < -0.4 is 10.2 Å². The largest absolute Gasteiger partial charge is 0.433 e. The number of nitrogens with one attached hydrogen (secondary N) is 1. The number of nitrogens with zero attached hydrogens (tertiary/aromatic N) is 2. The zero-order valence-corrected chi connectivity index (χ0v) is 15.4. The zero-order valence-electron chi connectivity index (χ0n) is 14.5. The number of fused-ring (bicyclic) bond motifs is 2. The molecule has 8 nitrogen and oxygen atoms in total. The number of anilines is 2. The molecule has 0 saturated carbocycles. The molecule has 28 heavy (non-hydrogen) atoms. The summed E-state index contributed by atoms with van der Waals surface area (Å²) in [5.41, 5.74) is 1.70. The van der Waals surface area contributed by atoms with Gasteiger partial charge in [-0.05, 0) is 36.4 Å². The van der Waals surface area contributed by atoms with E-state index in [1.54, 1.807) is 25.2 Å². The summed E-state index contributed by atoms with van der Waals surface area (Å²) in [7, 11) is 1.67. The summed E-state index contributed by atoms with van der Waals surface area (Å²) in [5.74, 6) is -1.45. The van der Waals surface area contributed by atoms with Gasteiger partial charge in [-0.2, -0.15) is 0 Å². The normalized spacial score (nSPS) is 12.8. The highest BCUT2D eigenvalue weighted by Crippen LogP contribution is 2.41. The van der Waals surface area contributed by atoms with Crippen molar-refractivity contribution in [2.45, 2.75) is 9.79 Å². The molecule has 0 aliphatic carbocycles. The summed E-state index contributed by atoms with van der Waals surface area (Å²) < 4.78 is 4.91. The third kappa shape index (κ3) is 3.12. The Kier molecular flexibility index (Phi) is 4.36. The fourth-order valence-electron chi connectivity index (χ4n) is 2.82. The number of hydrogen-bond donors (Lipinski definition) is 1. The van der Waals surface area contributed by atoms with E-state index in [2.05, 4.69) is 5.32 Å². The van der Waals surface area contributed by atoms with Crippen LogP contribution in [0, 0.1) is 10.1 Å². The van der Waals surface area contributed by atoms with Gasteiger partial charge in [-0.3, -0.25) is 19.7 Å². The maximum atomic E-state index is 12.8. The first-order chi connectivity index (χ1) is 13.4. The van der Waals surface area contributed by atoms with Gasteiger partial charge >= 0.3 is 5.88 Å². The van der Waals surface area contributed by atoms with E-state index in [9.17, 15) is 19.7 Å². The number of carbonyl (C=O) groups excluding carboxylic acids is 2. The van der Waals surface area contributed by atoms with Crippen LogP contribution >= 0.6 is 11.8 Å². The van der Waals surface area contributed by atoms with Crippen LogP contribution in [-0.4, -0.2) is 23.8 Å². The van der Waals surface area contributed by atoms with E-state index >= 15 is 0 Å². The summed E-state index contributed by atoms with van der Waals surface area (Å²) in [6, 6.07) is 14.9. The molecule has 3 aromatic rings. The molecule has 1 aromatic heterocycles. The Labute approximate surface area is 163 Å². The van der Waals surface area contributed by atoms with Crippen LogP contribution in [0.25, 0.3) is 0 Å². The first-order valence-electron chi connectivity index (χ1n) is 8.18. The van der Waals surface area contributed by atoms with Gasteiger partial charge in [0.2, 0.25) is 0 Å². The van der Waals surface area contributed by atoms with Gasteiger partial charge < -0.3 is 14.6 Å². The molecule has 1 N–H and O–H groups in total. The number of hydrogen-bond acceptors (Lipinski definition) is 6. The van der Waals surface area contributed by atoms with Crippen LogP contribution in [-0.2, 0) is 0 Å². The molecule has 2 heterocycles. The number of benzene rings is 2. The van der Waals surface area contributed by atoms with Crippen molar-refractivity contribution in [1.82, 2.24) is 0 Å². The van der Waals surface area contributed by atoms with Crippen LogP contribution in [0.2, 0.25) is 0 Å². The van der Waals surface area contributed by atoms with Gasteiger partial charge in [-0.15, -0.1) is 0 Å². The average Bonchev–Trinajstić information content (AvgIpc) is 3.16. The second kappa shape index (κ2) is 6.86. The lowest BCUT2D eigenvalue weighted by Gasteiger charge is -2.18. The molecule has 9 heteroatoms. The van der Waals surface area contributed by atoms with Gasteiger partial charge in [-0.25, -0.2) is 0 Å². The molecule has 0 radical (unpaired) electrons. The standard InChI is InChI=1S/C19H13N3O5S/c1-21-13-10-11(20-18(23)14-7-9-17(27-14)22(25)26)6-8-16(13)28-15-5-3-2-4-12(15)19(21)24/h2-10H,1H3,(H,20,23).